The summed E-state index contributed by atoms with van der Waals surface area (Å²) in [4.78, 5) is 0. The third kappa shape index (κ3) is 4.06. The molecule has 8 aromatic carbocycles. The second-order valence-corrected chi connectivity index (χ2v) is 12.6. The van der Waals surface area contributed by atoms with Crippen molar-refractivity contribution in [3.05, 3.63) is 182 Å². The quantitative estimate of drug-likeness (QED) is 0.188. The average Bonchev–Trinajstić information content (AvgIpc) is 3.66. The van der Waals surface area contributed by atoms with Gasteiger partial charge in [-0.25, -0.2) is 0 Å². The second kappa shape index (κ2) is 10.6. The predicted molar refractivity (Wildman–Crippen MR) is 203 cm³/mol. The zero-order chi connectivity index (χ0) is 31.6. The van der Waals surface area contributed by atoms with E-state index >= 15 is 0 Å². The summed E-state index contributed by atoms with van der Waals surface area (Å²) in [6, 6.07) is 66.3. The van der Waals surface area contributed by atoms with Gasteiger partial charge >= 0.3 is 0 Å². The number of fused-ring (bicyclic) bond motifs is 7. The van der Waals surface area contributed by atoms with Crippen LogP contribution in [-0.4, -0.2) is 9.13 Å². The summed E-state index contributed by atoms with van der Waals surface area (Å²) < 4.78 is 4.93. The second-order valence-electron chi connectivity index (χ2n) is 12.6. The third-order valence-corrected chi connectivity index (χ3v) is 9.86. The van der Waals surface area contributed by atoms with Crippen LogP contribution in [-0.2, 0) is 0 Å². The molecule has 10 aromatic rings. The molecule has 2 aromatic heterocycles. The summed E-state index contributed by atoms with van der Waals surface area (Å²) in [5, 5.41) is 7.48. The number of aromatic nitrogens is 2. The van der Waals surface area contributed by atoms with Gasteiger partial charge in [0, 0.05) is 32.6 Å². The zero-order valence-corrected chi connectivity index (χ0v) is 26.2. The predicted octanol–water partition coefficient (Wildman–Crippen LogP) is 12.4. The van der Waals surface area contributed by atoms with Gasteiger partial charge in [-0.1, -0.05) is 133 Å². The Hall–Kier alpha value is -6.38. The van der Waals surface area contributed by atoms with Crippen LogP contribution in [0.25, 0.3) is 88.0 Å². The Kier molecular flexibility index (Phi) is 5.91. The molecule has 0 aliphatic heterocycles. The molecule has 0 aliphatic rings. The number of para-hydroxylation sites is 2. The molecule has 0 bridgehead atoms. The van der Waals surface area contributed by atoms with E-state index in [1.807, 2.05) is 0 Å². The van der Waals surface area contributed by atoms with Gasteiger partial charge in [0.2, 0.25) is 0 Å². The molecule has 224 valence electrons. The Balaban J connectivity index is 1.32. The van der Waals surface area contributed by atoms with Crippen molar-refractivity contribution in [2.24, 2.45) is 0 Å². The van der Waals surface area contributed by atoms with Gasteiger partial charge in [-0.3, -0.25) is 0 Å². The van der Waals surface area contributed by atoms with E-state index in [2.05, 4.69) is 191 Å². The van der Waals surface area contributed by atoms with Crippen molar-refractivity contribution >= 4 is 54.4 Å². The molecule has 0 N–H and O–H groups in total. The maximum atomic E-state index is 2.47. The first-order valence-electron chi connectivity index (χ1n) is 16.5. The monoisotopic (exact) mass is 610 g/mol. The van der Waals surface area contributed by atoms with Crippen molar-refractivity contribution in [3.8, 4) is 33.6 Å². The van der Waals surface area contributed by atoms with Gasteiger partial charge in [0.1, 0.15) is 0 Å². The molecule has 48 heavy (non-hydrogen) atoms. The van der Waals surface area contributed by atoms with Crippen molar-refractivity contribution in [1.29, 1.82) is 0 Å². The molecular formula is C46H30N2. The molecule has 2 heterocycles. The van der Waals surface area contributed by atoms with Crippen LogP contribution >= 0.6 is 0 Å². The van der Waals surface area contributed by atoms with Gasteiger partial charge in [-0.15, -0.1) is 0 Å². The molecule has 2 heteroatoms. The maximum absolute atomic E-state index is 2.47. The lowest BCUT2D eigenvalue weighted by atomic mass is 9.98. The Morgan fingerprint density at radius 3 is 1.38 bits per heavy atom. The smallest absolute Gasteiger partial charge is 0.0549 e. The minimum Gasteiger partial charge on any atom is -0.309 e. The Labute approximate surface area is 278 Å². The molecule has 0 saturated carbocycles. The van der Waals surface area contributed by atoms with Crippen LogP contribution in [0.5, 0.6) is 0 Å². The van der Waals surface area contributed by atoms with Gasteiger partial charge < -0.3 is 9.13 Å². The van der Waals surface area contributed by atoms with E-state index in [1.165, 1.54) is 82.3 Å². The highest BCUT2D eigenvalue weighted by Crippen LogP contribution is 2.41. The van der Waals surface area contributed by atoms with E-state index in [1.54, 1.807) is 0 Å². The fraction of sp³-hybridized carbons (Fsp3) is 0. The fourth-order valence-corrected chi connectivity index (χ4v) is 7.71. The SMILES string of the molecule is c1ccc(-c2cc(-c3ccccc3)cc(-n3c4ccccc4c4cc5c(cc43)c3ccccc3n5-c3cccc4ccccc34)c2)cc1. The van der Waals surface area contributed by atoms with Crippen LogP contribution in [0.1, 0.15) is 0 Å². The normalized spacial score (nSPS) is 11.8. The number of hydrogen-bond acceptors (Lipinski definition) is 0. The van der Waals surface area contributed by atoms with Crippen molar-refractivity contribution in [3.63, 3.8) is 0 Å². The first kappa shape index (κ1) is 26.8. The third-order valence-electron chi connectivity index (χ3n) is 9.86. The topological polar surface area (TPSA) is 9.86 Å². The van der Waals surface area contributed by atoms with Crippen LogP contribution in [0, 0.1) is 0 Å². The number of hydrogen-bond donors (Lipinski definition) is 0. The molecule has 0 spiro atoms. The lowest BCUT2D eigenvalue weighted by Crippen LogP contribution is -1.96. The minimum atomic E-state index is 1.15. The fourth-order valence-electron chi connectivity index (χ4n) is 7.71. The highest BCUT2D eigenvalue weighted by Gasteiger charge is 2.20. The van der Waals surface area contributed by atoms with Gasteiger partial charge in [-0.05, 0) is 76.2 Å². The summed E-state index contributed by atoms with van der Waals surface area (Å²) in [5.41, 5.74) is 12.0. The van der Waals surface area contributed by atoms with E-state index in [4.69, 9.17) is 0 Å². The Morgan fingerprint density at radius 2 is 0.750 bits per heavy atom. The molecule has 0 aliphatic carbocycles. The highest BCUT2D eigenvalue weighted by atomic mass is 15.0. The highest BCUT2D eigenvalue weighted by molar-refractivity contribution is 6.19. The molecule has 0 atom stereocenters. The van der Waals surface area contributed by atoms with Gasteiger partial charge in [0.15, 0.2) is 0 Å². The Morgan fingerprint density at radius 1 is 0.271 bits per heavy atom. The van der Waals surface area contributed by atoms with Gasteiger partial charge in [0.25, 0.3) is 0 Å². The number of benzene rings is 8. The van der Waals surface area contributed by atoms with Crippen LogP contribution in [0.2, 0.25) is 0 Å². The maximum Gasteiger partial charge on any atom is 0.0549 e. The lowest BCUT2D eigenvalue weighted by molar-refractivity contribution is 1.18. The van der Waals surface area contributed by atoms with Gasteiger partial charge in [-0.2, -0.15) is 0 Å². The summed E-state index contributed by atoms with van der Waals surface area (Å²) >= 11 is 0. The van der Waals surface area contributed by atoms with Gasteiger partial charge in [0.05, 0.1) is 27.8 Å². The lowest BCUT2D eigenvalue weighted by Gasteiger charge is -2.14. The first-order valence-corrected chi connectivity index (χ1v) is 16.5. The molecule has 0 unspecified atom stereocenters. The van der Waals surface area contributed by atoms with Crippen LogP contribution in [0.4, 0.5) is 0 Å². The average molecular weight is 611 g/mol. The van der Waals surface area contributed by atoms with E-state index in [9.17, 15) is 0 Å². The molecule has 10 rings (SSSR count). The number of rotatable bonds is 4. The number of nitrogens with zero attached hydrogens (tertiary/aromatic N) is 2. The summed E-state index contributed by atoms with van der Waals surface area (Å²) in [5.74, 6) is 0. The van der Waals surface area contributed by atoms with E-state index < -0.39 is 0 Å². The van der Waals surface area contributed by atoms with Crippen molar-refractivity contribution < 1.29 is 0 Å². The molecule has 0 amide bonds. The molecule has 0 fully saturated rings. The molecule has 0 saturated heterocycles. The van der Waals surface area contributed by atoms with E-state index in [-0.39, 0.29) is 0 Å². The summed E-state index contributed by atoms with van der Waals surface area (Å²) in [6.07, 6.45) is 0. The van der Waals surface area contributed by atoms with Crippen molar-refractivity contribution in [1.82, 2.24) is 9.13 Å². The molecule has 2 nitrogen and oxygen atoms in total. The minimum absolute atomic E-state index is 1.15. The first-order chi connectivity index (χ1) is 23.8. The van der Waals surface area contributed by atoms with Crippen molar-refractivity contribution in [2.45, 2.75) is 0 Å². The summed E-state index contributed by atoms with van der Waals surface area (Å²) in [6.45, 7) is 0. The van der Waals surface area contributed by atoms with Crippen LogP contribution in [0.3, 0.4) is 0 Å². The van der Waals surface area contributed by atoms with E-state index in [0.29, 0.717) is 0 Å². The Bertz CT molecular complexity index is 2760. The standard InChI is InChI=1S/C46H30N2/c1-3-14-31(15-4-1)34-26-35(32-16-5-2-6-17-32)28-36(27-34)47-43-23-11-9-21-38(43)40-30-46-41(29-45(40)47)39-22-10-12-24-44(39)48(46)42-25-13-19-33-18-7-8-20-37(33)42/h1-30H. The van der Waals surface area contributed by atoms with E-state index in [0.717, 1.165) is 5.69 Å². The molecule has 0 radical (unpaired) electrons. The largest absolute Gasteiger partial charge is 0.309 e. The van der Waals surface area contributed by atoms with Crippen LogP contribution in [0.15, 0.2) is 182 Å². The zero-order valence-electron chi connectivity index (χ0n) is 26.2. The molecular weight excluding hydrogens is 581 g/mol. The van der Waals surface area contributed by atoms with Crippen LogP contribution < -0.4 is 0 Å². The summed E-state index contributed by atoms with van der Waals surface area (Å²) in [7, 11) is 0. The van der Waals surface area contributed by atoms with Crippen molar-refractivity contribution in [2.75, 3.05) is 0 Å².